The van der Waals surface area contributed by atoms with E-state index in [0.717, 1.165) is 5.56 Å². The number of hydrogen-bond donors (Lipinski definition) is 2. The number of para-hydroxylation sites is 1. The van der Waals surface area contributed by atoms with Crippen molar-refractivity contribution < 1.29 is 19.1 Å². The first-order valence-electron chi connectivity index (χ1n) is 6.68. The Kier molecular flexibility index (Phi) is 4.65. The number of amides is 1. The number of carbonyl (C=O) groups is 1. The molecule has 2 rings (SSSR count). The van der Waals surface area contributed by atoms with E-state index in [0.29, 0.717) is 11.5 Å². The van der Waals surface area contributed by atoms with Crippen molar-refractivity contribution in [2.45, 2.75) is 18.9 Å². The maximum absolute atomic E-state index is 12.0. The molecule has 0 radical (unpaired) electrons. The van der Waals surface area contributed by atoms with Gasteiger partial charge in [-0.3, -0.25) is 4.79 Å². The first-order valence-corrected chi connectivity index (χ1v) is 6.68. The maximum Gasteiger partial charge on any atom is 0.224 e. The van der Waals surface area contributed by atoms with Crippen LogP contribution in [0.15, 0.2) is 47.1 Å². The molecule has 5 heteroatoms. The van der Waals surface area contributed by atoms with E-state index < -0.39 is 5.60 Å². The van der Waals surface area contributed by atoms with Gasteiger partial charge in [0.25, 0.3) is 0 Å². The Bertz CT molecular complexity index is 590. The monoisotopic (exact) mass is 289 g/mol. The summed E-state index contributed by atoms with van der Waals surface area (Å²) in [5, 5.41) is 13.0. The zero-order valence-electron chi connectivity index (χ0n) is 12.1. The minimum atomic E-state index is -1.24. The van der Waals surface area contributed by atoms with E-state index in [-0.39, 0.29) is 18.9 Å². The molecule has 5 nitrogen and oxygen atoms in total. The fraction of sp³-hybridized carbons (Fsp3) is 0.312. The van der Waals surface area contributed by atoms with Gasteiger partial charge < -0.3 is 19.6 Å². The summed E-state index contributed by atoms with van der Waals surface area (Å²) in [6, 6.07) is 10.7. The zero-order valence-corrected chi connectivity index (χ0v) is 12.1. The molecule has 1 amide bonds. The highest BCUT2D eigenvalue weighted by molar-refractivity contribution is 5.79. The molecular weight excluding hydrogens is 270 g/mol. The van der Waals surface area contributed by atoms with Crippen LogP contribution in [0.1, 0.15) is 18.2 Å². The highest BCUT2D eigenvalue weighted by Crippen LogP contribution is 2.20. The van der Waals surface area contributed by atoms with Crippen molar-refractivity contribution in [2.75, 3.05) is 13.7 Å². The van der Waals surface area contributed by atoms with Crippen LogP contribution >= 0.6 is 0 Å². The molecule has 112 valence electrons. The molecule has 2 N–H and O–H groups in total. The van der Waals surface area contributed by atoms with Crippen LogP contribution in [-0.2, 0) is 16.8 Å². The molecular formula is C16H19NO4. The van der Waals surface area contributed by atoms with Crippen LogP contribution in [0.4, 0.5) is 0 Å². The molecule has 0 fully saturated rings. The van der Waals surface area contributed by atoms with Gasteiger partial charge in [-0.15, -0.1) is 0 Å². The summed E-state index contributed by atoms with van der Waals surface area (Å²) >= 11 is 0. The number of nitrogens with one attached hydrogen (secondary N) is 1. The van der Waals surface area contributed by atoms with Crippen molar-refractivity contribution in [1.29, 1.82) is 0 Å². The summed E-state index contributed by atoms with van der Waals surface area (Å²) in [6.07, 6.45) is 1.68. The lowest BCUT2D eigenvalue weighted by atomic mass is 10.0. The minimum Gasteiger partial charge on any atom is -0.496 e. The van der Waals surface area contributed by atoms with Crippen molar-refractivity contribution >= 4 is 5.91 Å². The summed E-state index contributed by atoms with van der Waals surface area (Å²) in [7, 11) is 1.57. The highest BCUT2D eigenvalue weighted by atomic mass is 16.5. The number of hydrogen-bond acceptors (Lipinski definition) is 4. The smallest absolute Gasteiger partial charge is 0.224 e. The number of aliphatic hydroxyl groups is 1. The number of benzene rings is 1. The molecule has 1 unspecified atom stereocenters. The van der Waals surface area contributed by atoms with Crippen LogP contribution in [0.3, 0.4) is 0 Å². The third-order valence-corrected chi connectivity index (χ3v) is 3.23. The molecule has 1 heterocycles. The third kappa shape index (κ3) is 3.86. The molecule has 0 bridgehead atoms. The van der Waals surface area contributed by atoms with Crippen molar-refractivity contribution in [1.82, 2.24) is 5.32 Å². The predicted octanol–water partition coefficient (Wildman–Crippen LogP) is 1.85. The maximum atomic E-state index is 12.0. The van der Waals surface area contributed by atoms with Crippen molar-refractivity contribution in [3.05, 3.63) is 54.0 Å². The Labute approximate surface area is 123 Å². The van der Waals surface area contributed by atoms with Crippen LogP contribution in [0.5, 0.6) is 5.75 Å². The molecule has 1 aromatic carbocycles. The fourth-order valence-electron chi connectivity index (χ4n) is 2.03. The van der Waals surface area contributed by atoms with E-state index >= 15 is 0 Å². The van der Waals surface area contributed by atoms with Crippen LogP contribution in [0.25, 0.3) is 0 Å². The van der Waals surface area contributed by atoms with E-state index in [1.807, 2.05) is 24.3 Å². The largest absolute Gasteiger partial charge is 0.496 e. The van der Waals surface area contributed by atoms with E-state index in [9.17, 15) is 9.90 Å². The highest BCUT2D eigenvalue weighted by Gasteiger charge is 2.26. The Morgan fingerprint density at radius 3 is 2.76 bits per heavy atom. The molecule has 0 saturated heterocycles. The van der Waals surface area contributed by atoms with E-state index in [2.05, 4.69) is 5.32 Å². The Morgan fingerprint density at radius 2 is 2.10 bits per heavy atom. The summed E-state index contributed by atoms with van der Waals surface area (Å²) in [6.45, 7) is 1.67. The normalized spacial score (nSPS) is 13.5. The SMILES string of the molecule is COc1ccccc1CC(=O)NCC(C)(O)c1ccco1. The number of ether oxygens (including phenoxy) is 1. The molecule has 0 aliphatic rings. The van der Waals surface area contributed by atoms with E-state index in [4.69, 9.17) is 9.15 Å². The second-order valence-corrected chi connectivity index (χ2v) is 5.02. The number of rotatable bonds is 6. The number of furan rings is 1. The molecule has 1 atom stereocenters. The topological polar surface area (TPSA) is 71.7 Å². The van der Waals surface area contributed by atoms with Crippen LogP contribution in [0.2, 0.25) is 0 Å². The summed E-state index contributed by atoms with van der Waals surface area (Å²) < 4.78 is 10.4. The molecule has 0 saturated carbocycles. The van der Waals surface area contributed by atoms with Gasteiger partial charge in [-0.2, -0.15) is 0 Å². The van der Waals surface area contributed by atoms with Crippen molar-refractivity contribution in [3.8, 4) is 5.75 Å². The van der Waals surface area contributed by atoms with Crippen LogP contribution < -0.4 is 10.1 Å². The average molecular weight is 289 g/mol. The zero-order chi connectivity index (χ0) is 15.3. The van der Waals surface area contributed by atoms with Gasteiger partial charge in [-0.25, -0.2) is 0 Å². The second kappa shape index (κ2) is 6.45. The quantitative estimate of drug-likeness (QED) is 0.851. The standard InChI is InChI=1S/C16H19NO4/c1-16(19,14-8-5-9-21-14)11-17-15(18)10-12-6-3-4-7-13(12)20-2/h3-9,19H,10-11H2,1-2H3,(H,17,18). The lowest BCUT2D eigenvalue weighted by Crippen LogP contribution is -2.39. The van der Waals surface area contributed by atoms with Gasteiger partial charge in [-0.05, 0) is 25.1 Å². The van der Waals surface area contributed by atoms with Gasteiger partial charge in [0.1, 0.15) is 17.1 Å². The van der Waals surface area contributed by atoms with Crippen LogP contribution in [0, 0.1) is 0 Å². The van der Waals surface area contributed by atoms with Gasteiger partial charge in [0.05, 0.1) is 26.3 Å². The van der Waals surface area contributed by atoms with Crippen molar-refractivity contribution in [2.24, 2.45) is 0 Å². The van der Waals surface area contributed by atoms with E-state index in [1.54, 1.807) is 26.2 Å². The van der Waals surface area contributed by atoms with Gasteiger partial charge in [-0.1, -0.05) is 18.2 Å². The average Bonchev–Trinajstić information content (AvgIpc) is 3.01. The number of methoxy groups -OCH3 is 1. The Balaban J connectivity index is 1.93. The molecule has 0 spiro atoms. The molecule has 0 aliphatic carbocycles. The second-order valence-electron chi connectivity index (χ2n) is 5.02. The summed E-state index contributed by atoms with van der Waals surface area (Å²) in [5.74, 6) is 0.900. The lowest BCUT2D eigenvalue weighted by Gasteiger charge is -2.21. The van der Waals surface area contributed by atoms with E-state index in [1.165, 1.54) is 6.26 Å². The molecule has 1 aromatic heterocycles. The van der Waals surface area contributed by atoms with Crippen molar-refractivity contribution in [3.63, 3.8) is 0 Å². The summed E-state index contributed by atoms with van der Waals surface area (Å²) in [5.41, 5.74) is -0.435. The Morgan fingerprint density at radius 1 is 1.33 bits per heavy atom. The van der Waals surface area contributed by atoms with Gasteiger partial charge in [0.2, 0.25) is 5.91 Å². The first kappa shape index (κ1) is 15.1. The minimum absolute atomic E-state index is 0.0779. The van der Waals surface area contributed by atoms with Gasteiger partial charge in [0.15, 0.2) is 0 Å². The molecule has 21 heavy (non-hydrogen) atoms. The lowest BCUT2D eigenvalue weighted by molar-refractivity contribution is -0.121. The summed E-state index contributed by atoms with van der Waals surface area (Å²) in [4.78, 5) is 12.0. The van der Waals surface area contributed by atoms with Crippen LogP contribution in [-0.4, -0.2) is 24.7 Å². The fourth-order valence-corrected chi connectivity index (χ4v) is 2.03. The number of carbonyl (C=O) groups excluding carboxylic acids is 1. The third-order valence-electron chi connectivity index (χ3n) is 3.23. The molecule has 0 aliphatic heterocycles. The molecule has 2 aromatic rings. The first-order chi connectivity index (χ1) is 10.0. The Hall–Kier alpha value is -2.27. The van der Waals surface area contributed by atoms with Gasteiger partial charge in [0, 0.05) is 5.56 Å². The van der Waals surface area contributed by atoms with Gasteiger partial charge >= 0.3 is 0 Å². The predicted molar refractivity (Wildman–Crippen MR) is 78.0 cm³/mol.